The Morgan fingerprint density at radius 3 is 2.03 bits per heavy atom. The number of unbranched alkanes of at least 4 members (excludes halogenated alkanes) is 6. The molecular formula is C19H38NO8P. The zero-order valence-electron chi connectivity index (χ0n) is 17.8. The Morgan fingerprint density at radius 1 is 0.897 bits per heavy atom. The molecule has 0 heterocycles. The van der Waals surface area contributed by atoms with Crippen LogP contribution in [0, 0.1) is 0 Å². The van der Waals surface area contributed by atoms with E-state index in [9.17, 15) is 19.0 Å². The van der Waals surface area contributed by atoms with Gasteiger partial charge in [-0.15, -0.1) is 0 Å². The fraction of sp³-hybridized carbons (Fsp3) is 0.895. The Hall–Kier alpha value is -0.990. The zero-order chi connectivity index (χ0) is 22.0. The molecule has 0 spiro atoms. The van der Waals surface area contributed by atoms with Crippen LogP contribution in [0.1, 0.15) is 78.1 Å². The van der Waals surface area contributed by atoms with Gasteiger partial charge in [-0.2, -0.15) is 0 Å². The van der Waals surface area contributed by atoms with Gasteiger partial charge in [-0.05, 0) is 12.8 Å². The Kier molecular flexibility index (Phi) is 17.2. The standard InChI is InChI=1S/C19H38NO8P/c1-3-5-7-9-11-18(21)25-15-17(16-27-29(23,24)26-14-13-20)28-19(22)12-10-8-6-4-2/h17H,3-16,20H2,1-2H3,(H,23,24)/t17-/m1/s1. The van der Waals surface area contributed by atoms with Crippen LogP contribution in [0.3, 0.4) is 0 Å². The molecule has 172 valence electrons. The van der Waals surface area contributed by atoms with Crippen LogP contribution in [-0.2, 0) is 32.7 Å². The van der Waals surface area contributed by atoms with Crippen molar-refractivity contribution in [2.75, 3.05) is 26.4 Å². The number of nitrogens with two attached hydrogens (primary N) is 1. The van der Waals surface area contributed by atoms with E-state index in [-0.39, 0.29) is 32.6 Å². The molecule has 0 saturated heterocycles. The Labute approximate surface area is 174 Å². The van der Waals surface area contributed by atoms with Crippen LogP contribution in [0.25, 0.3) is 0 Å². The van der Waals surface area contributed by atoms with Crippen LogP contribution in [0.5, 0.6) is 0 Å². The predicted octanol–water partition coefficient (Wildman–Crippen LogP) is 3.47. The first-order valence-corrected chi connectivity index (χ1v) is 12.0. The lowest BCUT2D eigenvalue weighted by Gasteiger charge is -2.19. The van der Waals surface area contributed by atoms with Crippen molar-refractivity contribution in [2.24, 2.45) is 5.73 Å². The summed E-state index contributed by atoms with van der Waals surface area (Å²) >= 11 is 0. The molecule has 9 nitrogen and oxygen atoms in total. The summed E-state index contributed by atoms with van der Waals surface area (Å²) in [6.45, 7) is 3.38. The van der Waals surface area contributed by atoms with Gasteiger partial charge in [-0.1, -0.05) is 52.4 Å². The minimum atomic E-state index is -4.32. The lowest BCUT2D eigenvalue weighted by Crippen LogP contribution is -2.29. The van der Waals surface area contributed by atoms with Gasteiger partial charge in [0, 0.05) is 19.4 Å². The largest absolute Gasteiger partial charge is 0.472 e. The molecule has 0 aromatic carbocycles. The molecule has 0 bridgehead atoms. The number of carbonyl (C=O) groups excluding carboxylic acids is 2. The van der Waals surface area contributed by atoms with E-state index in [4.69, 9.17) is 19.7 Å². The highest BCUT2D eigenvalue weighted by atomic mass is 31.2. The Balaban J connectivity index is 4.51. The molecule has 3 N–H and O–H groups in total. The van der Waals surface area contributed by atoms with E-state index in [1.54, 1.807) is 0 Å². The first kappa shape index (κ1) is 28.0. The summed E-state index contributed by atoms with van der Waals surface area (Å²) in [5.74, 6) is -0.874. The quantitative estimate of drug-likeness (QED) is 0.176. The summed E-state index contributed by atoms with van der Waals surface area (Å²) < 4.78 is 31.7. The van der Waals surface area contributed by atoms with E-state index in [1.165, 1.54) is 0 Å². The van der Waals surface area contributed by atoms with E-state index < -0.39 is 32.5 Å². The molecule has 10 heteroatoms. The summed E-state index contributed by atoms with van der Waals surface area (Å²) in [7, 11) is -4.32. The third kappa shape index (κ3) is 17.6. The normalized spacial score (nSPS) is 14.2. The monoisotopic (exact) mass is 439 g/mol. The van der Waals surface area contributed by atoms with Gasteiger partial charge in [0.25, 0.3) is 0 Å². The smallest absolute Gasteiger partial charge is 0.462 e. The predicted molar refractivity (Wildman–Crippen MR) is 109 cm³/mol. The van der Waals surface area contributed by atoms with E-state index in [2.05, 4.69) is 18.4 Å². The molecule has 0 amide bonds. The summed E-state index contributed by atoms with van der Waals surface area (Å²) in [5.41, 5.74) is 5.23. The van der Waals surface area contributed by atoms with Crippen molar-refractivity contribution < 1.29 is 37.6 Å². The molecule has 0 fully saturated rings. The van der Waals surface area contributed by atoms with Crippen molar-refractivity contribution in [3.8, 4) is 0 Å². The highest BCUT2D eigenvalue weighted by Gasteiger charge is 2.25. The van der Waals surface area contributed by atoms with E-state index in [0.717, 1.165) is 44.9 Å². The number of esters is 2. The van der Waals surface area contributed by atoms with Gasteiger partial charge in [0.05, 0.1) is 13.2 Å². The van der Waals surface area contributed by atoms with Crippen LogP contribution >= 0.6 is 7.82 Å². The van der Waals surface area contributed by atoms with Gasteiger partial charge in [-0.3, -0.25) is 18.6 Å². The molecule has 0 aromatic heterocycles. The minimum absolute atomic E-state index is 0.0553. The number of ether oxygens (including phenoxy) is 2. The van der Waals surface area contributed by atoms with Gasteiger partial charge in [0.1, 0.15) is 6.61 Å². The van der Waals surface area contributed by atoms with Crippen LogP contribution < -0.4 is 5.73 Å². The third-order valence-electron chi connectivity index (χ3n) is 3.99. The number of hydrogen-bond acceptors (Lipinski definition) is 8. The molecule has 0 radical (unpaired) electrons. The number of phosphoric acid groups is 1. The first-order chi connectivity index (χ1) is 13.8. The number of carbonyl (C=O) groups is 2. The highest BCUT2D eigenvalue weighted by Crippen LogP contribution is 2.43. The average molecular weight is 439 g/mol. The molecule has 0 aliphatic rings. The molecular weight excluding hydrogens is 401 g/mol. The van der Waals surface area contributed by atoms with Crippen LogP contribution in [0.2, 0.25) is 0 Å². The average Bonchev–Trinajstić information content (AvgIpc) is 2.69. The molecule has 0 aliphatic heterocycles. The van der Waals surface area contributed by atoms with E-state index in [1.807, 2.05) is 0 Å². The van der Waals surface area contributed by atoms with Gasteiger partial charge in [0.2, 0.25) is 0 Å². The number of phosphoric ester groups is 1. The lowest BCUT2D eigenvalue weighted by atomic mass is 10.1. The summed E-state index contributed by atoms with van der Waals surface area (Å²) in [6.07, 6.45) is 6.98. The second-order valence-corrected chi connectivity index (χ2v) is 8.26. The SMILES string of the molecule is CCCCCCC(=O)OC[C@H](COP(=O)(O)OCCN)OC(=O)CCCCCC. The summed E-state index contributed by atoms with van der Waals surface area (Å²) in [4.78, 5) is 33.4. The van der Waals surface area contributed by atoms with Crippen molar-refractivity contribution in [1.82, 2.24) is 0 Å². The first-order valence-electron chi connectivity index (χ1n) is 10.5. The molecule has 0 aromatic rings. The minimum Gasteiger partial charge on any atom is -0.462 e. The topological polar surface area (TPSA) is 134 Å². The Bertz CT molecular complexity index is 489. The fourth-order valence-electron chi connectivity index (χ4n) is 2.39. The maximum Gasteiger partial charge on any atom is 0.472 e. The molecule has 29 heavy (non-hydrogen) atoms. The lowest BCUT2D eigenvalue weighted by molar-refractivity contribution is -0.161. The molecule has 0 saturated carbocycles. The highest BCUT2D eigenvalue weighted by molar-refractivity contribution is 7.47. The molecule has 0 aliphatic carbocycles. The van der Waals surface area contributed by atoms with Crippen molar-refractivity contribution in [1.29, 1.82) is 0 Å². The van der Waals surface area contributed by atoms with Crippen LogP contribution in [0.4, 0.5) is 0 Å². The maximum absolute atomic E-state index is 12.0. The number of hydrogen-bond donors (Lipinski definition) is 2. The second-order valence-electron chi connectivity index (χ2n) is 6.80. The van der Waals surface area contributed by atoms with Crippen LogP contribution in [0.15, 0.2) is 0 Å². The van der Waals surface area contributed by atoms with Gasteiger partial charge >= 0.3 is 19.8 Å². The maximum atomic E-state index is 12.0. The summed E-state index contributed by atoms with van der Waals surface area (Å²) in [6, 6.07) is 0. The Morgan fingerprint density at radius 2 is 1.48 bits per heavy atom. The number of rotatable bonds is 19. The zero-order valence-corrected chi connectivity index (χ0v) is 18.7. The van der Waals surface area contributed by atoms with Gasteiger partial charge in [-0.25, -0.2) is 4.57 Å². The molecule has 1 unspecified atom stereocenters. The van der Waals surface area contributed by atoms with E-state index >= 15 is 0 Å². The molecule has 2 atom stereocenters. The van der Waals surface area contributed by atoms with Gasteiger partial charge < -0.3 is 20.1 Å². The van der Waals surface area contributed by atoms with E-state index in [0.29, 0.717) is 6.42 Å². The van der Waals surface area contributed by atoms with Crippen molar-refractivity contribution in [2.45, 2.75) is 84.2 Å². The third-order valence-corrected chi connectivity index (χ3v) is 4.98. The summed E-state index contributed by atoms with van der Waals surface area (Å²) in [5, 5.41) is 0. The fourth-order valence-corrected chi connectivity index (χ4v) is 3.16. The van der Waals surface area contributed by atoms with Crippen molar-refractivity contribution in [3.63, 3.8) is 0 Å². The second kappa shape index (κ2) is 17.8. The van der Waals surface area contributed by atoms with Crippen molar-refractivity contribution in [3.05, 3.63) is 0 Å². The van der Waals surface area contributed by atoms with Crippen LogP contribution in [-0.4, -0.2) is 49.3 Å². The van der Waals surface area contributed by atoms with Crippen molar-refractivity contribution >= 4 is 19.8 Å². The van der Waals surface area contributed by atoms with Gasteiger partial charge in [0.15, 0.2) is 6.10 Å². The molecule has 0 rings (SSSR count).